The lowest BCUT2D eigenvalue weighted by molar-refractivity contribution is -0.157. The van der Waals surface area contributed by atoms with Gasteiger partial charge >= 0.3 is 18.0 Å². The molecule has 1 amide bonds. The van der Waals surface area contributed by atoms with Gasteiger partial charge in [0.25, 0.3) is 0 Å². The molecular weight excluding hydrogens is 290 g/mol. The van der Waals surface area contributed by atoms with Gasteiger partial charge in [0.2, 0.25) is 0 Å². The molecule has 1 fully saturated rings. The summed E-state index contributed by atoms with van der Waals surface area (Å²) in [4.78, 5) is 35.3. The third-order valence-corrected chi connectivity index (χ3v) is 3.69. The summed E-state index contributed by atoms with van der Waals surface area (Å²) in [6.45, 7) is 0.508. The van der Waals surface area contributed by atoms with Crippen molar-refractivity contribution in [1.82, 2.24) is 4.90 Å². The minimum atomic E-state index is -1.49. The van der Waals surface area contributed by atoms with Crippen LogP contribution in [-0.4, -0.2) is 46.2 Å². The average Bonchev–Trinajstić information content (AvgIpc) is 2.94. The minimum Gasteiger partial charge on any atom is -0.481 e. The number of carbonyl (C=O) groups is 3. The number of aliphatic carboxylic acids is 2. The largest absolute Gasteiger partial charge is 0.481 e. The van der Waals surface area contributed by atoms with Crippen molar-refractivity contribution in [2.75, 3.05) is 13.1 Å². The van der Waals surface area contributed by atoms with E-state index in [1.165, 1.54) is 4.90 Å². The Morgan fingerprint density at radius 3 is 2.41 bits per heavy atom. The molecule has 7 heteroatoms. The summed E-state index contributed by atoms with van der Waals surface area (Å²) in [5.41, 5.74) is 0.848. The van der Waals surface area contributed by atoms with E-state index >= 15 is 0 Å². The first kappa shape index (κ1) is 15.8. The quantitative estimate of drug-likeness (QED) is 0.797. The van der Waals surface area contributed by atoms with Crippen molar-refractivity contribution in [2.45, 2.75) is 13.0 Å². The lowest BCUT2D eigenvalue weighted by Gasteiger charge is -2.18. The lowest BCUT2D eigenvalue weighted by atomic mass is 9.92. The first-order valence-electron chi connectivity index (χ1n) is 6.90. The molecule has 22 heavy (non-hydrogen) atoms. The second-order valence-electron chi connectivity index (χ2n) is 5.19. The Morgan fingerprint density at radius 2 is 1.82 bits per heavy atom. The Balaban J connectivity index is 1.88. The van der Waals surface area contributed by atoms with Crippen LogP contribution in [0.15, 0.2) is 30.3 Å². The molecule has 118 valence electrons. The molecule has 1 aromatic rings. The first-order chi connectivity index (χ1) is 10.5. The molecule has 2 N–H and O–H groups in total. The van der Waals surface area contributed by atoms with E-state index in [1.807, 2.05) is 30.3 Å². The summed E-state index contributed by atoms with van der Waals surface area (Å²) in [5, 5.41) is 17.9. The van der Waals surface area contributed by atoms with Crippen molar-refractivity contribution in [3.8, 4) is 0 Å². The van der Waals surface area contributed by atoms with E-state index in [4.69, 9.17) is 14.9 Å². The standard InChI is InChI=1S/C15H17NO6/c17-13(18)12(14(19)20)11-6-7-16(8-11)15(21)22-9-10-4-2-1-3-5-10/h1-5,11-12H,6-9H2,(H,17,18)(H,19,20). The van der Waals surface area contributed by atoms with E-state index in [9.17, 15) is 14.4 Å². The SMILES string of the molecule is O=C(O)C(C(=O)O)C1CCN(C(=O)OCc2ccccc2)C1. The number of hydrogen-bond acceptors (Lipinski definition) is 4. The highest BCUT2D eigenvalue weighted by Gasteiger charge is 2.40. The van der Waals surface area contributed by atoms with Crippen LogP contribution in [0.4, 0.5) is 4.79 Å². The van der Waals surface area contributed by atoms with Crippen LogP contribution in [0.25, 0.3) is 0 Å². The number of amides is 1. The molecule has 0 aliphatic carbocycles. The van der Waals surface area contributed by atoms with Gasteiger partial charge in [-0.2, -0.15) is 0 Å². The van der Waals surface area contributed by atoms with Crippen molar-refractivity contribution in [3.63, 3.8) is 0 Å². The highest BCUT2D eigenvalue weighted by molar-refractivity contribution is 5.93. The van der Waals surface area contributed by atoms with Gasteiger partial charge in [0, 0.05) is 19.0 Å². The number of carbonyl (C=O) groups excluding carboxylic acids is 1. The Kier molecular flexibility index (Phi) is 4.98. The number of benzene rings is 1. The van der Waals surface area contributed by atoms with Crippen LogP contribution in [0.2, 0.25) is 0 Å². The van der Waals surface area contributed by atoms with E-state index in [1.54, 1.807) is 0 Å². The third kappa shape index (κ3) is 3.75. The topological polar surface area (TPSA) is 104 Å². The number of likely N-dealkylation sites (tertiary alicyclic amines) is 1. The predicted molar refractivity (Wildman–Crippen MR) is 75.1 cm³/mol. The van der Waals surface area contributed by atoms with Crippen molar-refractivity contribution >= 4 is 18.0 Å². The zero-order chi connectivity index (χ0) is 16.1. The van der Waals surface area contributed by atoms with Crippen molar-refractivity contribution in [2.24, 2.45) is 11.8 Å². The third-order valence-electron chi connectivity index (χ3n) is 3.69. The monoisotopic (exact) mass is 307 g/mol. The molecule has 1 heterocycles. The number of nitrogens with zero attached hydrogens (tertiary/aromatic N) is 1. The van der Waals surface area contributed by atoms with Gasteiger partial charge in [-0.3, -0.25) is 9.59 Å². The second kappa shape index (κ2) is 6.93. The molecule has 0 spiro atoms. The highest BCUT2D eigenvalue weighted by Crippen LogP contribution is 2.25. The average molecular weight is 307 g/mol. The van der Waals surface area contributed by atoms with E-state index in [0.29, 0.717) is 13.0 Å². The Morgan fingerprint density at radius 1 is 1.18 bits per heavy atom. The van der Waals surface area contributed by atoms with E-state index in [-0.39, 0.29) is 13.2 Å². The van der Waals surface area contributed by atoms with Gasteiger partial charge in [-0.15, -0.1) is 0 Å². The maximum Gasteiger partial charge on any atom is 0.410 e. The Labute approximate surface area is 127 Å². The van der Waals surface area contributed by atoms with Gasteiger partial charge in [-0.05, 0) is 12.0 Å². The van der Waals surface area contributed by atoms with Crippen LogP contribution in [0.1, 0.15) is 12.0 Å². The Bertz CT molecular complexity index is 544. The van der Waals surface area contributed by atoms with E-state index in [0.717, 1.165) is 5.56 Å². The molecule has 1 aliphatic rings. The van der Waals surface area contributed by atoms with Crippen LogP contribution in [0, 0.1) is 11.8 Å². The molecule has 1 saturated heterocycles. The predicted octanol–water partition coefficient (Wildman–Crippen LogP) is 1.43. The molecule has 0 aromatic heterocycles. The molecule has 1 unspecified atom stereocenters. The van der Waals surface area contributed by atoms with Gasteiger partial charge < -0.3 is 19.8 Å². The Hall–Kier alpha value is -2.57. The number of carboxylic acid groups (broad SMARTS) is 2. The summed E-state index contributed by atoms with van der Waals surface area (Å²) in [5.74, 6) is -4.85. The van der Waals surface area contributed by atoms with Gasteiger partial charge in [0.15, 0.2) is 5.92 Å². The highest BCUT2D eigenvalue weighted by atomic mass is 16.6. The fraction of sp³-hybridized carbons (Fsp3) is 0.400. The van der Waals surface area contributed by atoms with E-state index < -0.39 is 29.9 Å². The summed E-state index contributed by atoms with van der Waals surface area (Å²) in [6.07, 6.45) is -0.218. The van der Waals surface area contributed by atoms with Gasteiger partial charge in [0.05, 0.1) is 0 Å². The maximum atomic E-state index is 11.9. The summed E-state index contributed by atoms with van der Waals surface area (Å²) < 4.78 is 5.15. The van der Waals surface area contributed by atoms with Gasteiger partial charge in [0.1, 0.15) is 6.61 Å². The van der Waals surface area contributed by atoms with E-state index in [2.05, 4.69) is 0 Å². The van der Waals surface area contributed by atoms with Crippen LogP contribution >= 0.6 is 0 Å². The van der Waals surface area contributed by atoms with Crippen LogP contribution in [0.3, 0.4) is 0 Å². The zero-order valence-electron chi connectivity index (χ0n) is 11.8. The van der Waals surface area contributed by atoms with Gasteiger partial charge in [-0.1, -0.05) is 30.3 Å². The number of carboxylic acids is 2. The molecular formula is C15H17NO6. The molecule has 0 saturated carbocycles. The zero-order valence-corrected chi connectivity index (χ0v) is 11.8. The fourth-order valence-corrected chi connectivity index (χ4v) is 2.54. The molecule has 1 atom stereocenters. The molecule has 0 bridgehead atoms. The van der Waals surface area contributed by atoms with Crippen LogP contribution in [-0.2, 0) is 20.9 Å². The number of hydrogen-bond donors (Lipinski definition) is 2. The number of rotatable bonds is 5. The van der Waals surface area contributed by atoms with Crippen molar-refractivity contribution < 1.29 is 29.3 Å². The summed E-state index contributed by atoms with van der Waals surface area (Å²) in [7, 11) is 0. The molecule has 2 rings (SSSR count). The first-order valence-corrected chi connectivity index (χ1v) is 6.90. The normalized spacial score (nSPS) is 17.5. The molecule has 1 aromatic carbocycles. The van der Waals surface area contributed by atoms with Crippen LogP contribution in [0.5, 0.6) is 0 Å². The minimum absolute atomic E-state index is 0.0802. The maximum absolute atomic E-state index is 11.9. The lowest BCUT2D eigenvalue weighted by Crippen LogP contribution is -2.35. The smallest absolute Gasteiger partial charge is 0.410 e. The fourth-order valence-electron chi connectivity index (χ4n) is 2.54. The summed E-state index contributed by atoms with van der Waals surface area (Å²) >= 11 is 0. The van der Waals surface area contributed by atoms with Crippen LogP contribution < -0.4 is 0 Å². The van der Waals surface area contributed by atoms with Crippen molar-refractivity contribution in [3.05, 3.63) is 35.9 Å². The summed E-state index contributed by atoms with van der Waals surface area (Å²) in [6, 6.07) is 9.17. The molecule has 1 aliphatic heterocycles. The van der Waals surface area contributed by atoms with Crippen molar-refractivity contribution in [1.29, 1.82) is 0 Å². The second-order valence-corrected chi connectivity index (χ2v) is 5.19. The van der Waals surface area contributed by atoms with Gasteiger partial charge in [-0.25, -0.2) is 4.79 Å². The molecule has 7 nitrogen and oxygen atoms in total. The molecule has 0 radical (unpaired) electrons. The number of ether oxygens (including phenoxy) is 1.